The molecule has 2 aromatic rings. The monoisotopic (exact) mass is 287 g/mol. The third-order valence-corrected chi connectivity index (χ3v) is 3.49. The Kier molecular flexibility index (Phi) is 4.80. The fourth-order valence-corrected chi connectivity index (χ4v) is 2.44. The number of aromatic nitrogens is 2. The van der Waals surface area contributed by atoms with Crippen molar-refractivity contribution in [3.05, 3.63) is 47.3 Å². The number of imidazole rings is 1. The van der Waals surface area contributed by atoms with Gasteiger partial charge in [-0.2, -0.15) is 5.26 Å². The second-order valence-corrected chi connectivity index (χ2v) is 4.84. The molecule has 1 aromatic carbocycles. The fourth-order valence-electron chi connectivity index (χ4n) is 1.59. The molecule has 1 aromatic heterocycles. The zero-order chi connectivity index (χ0) is 14.4. The average Bonchev–Trinajstić information content (AvgIpc) is 2.94. The highest BCUT2D eigenvalue weighted by atomic mass is 32.2. The van der Waals surface area contributed by atoms with Gasteiger partial charge in [0.25, 0.3) is 0 Å². The van der Waals surface area contributed by atoms with Crippen LogP contribution in [0.1, 0.15) is 28.5 Å². The van der Waals surface area contributed by atoms with Crippen molar-refractivity contribution in [3.8, 4) is 6.07 Å². The number of hydrogen-bond acceptors (Lipinski definition) is 5. The van der Waals surface area contributed by atoms with E-state index in [0.29, 0.717) is 28.8 Å². The van der Waals surface area contributed by atoms with E-state index >= 15 is 0 Å². The van der Waals surface area contributed by atoms with Crippen molar-refractivity contribution in [3.63, 3.8) is 0 Å². The molecule has 2 rings (SSSR count). The zero-order valence-corrected chi connectivity index (χ0v) is 11.7. The van der Waals surface area contributed by atoms with E-state index in [9.17, 15) is 4.79 Å². The van der Waals surface area contributed by atoms with Gasteiger partial charge in [0.2, 0.25) is 0 Å². The van der Waals surface area contributed by atoms with Crippen LogP contribution in [0.4, 0.5) is 0 Å². The lowest BCUT2D eigenvalue weighted by atomic mass is 10.1. The molecule has 0 aliphatic carbocycles. The molecule has 1 heterocycles. The summed E-state index contributed by atoms with van der Waals surface area (Å²) in [6, 6.07) is 9.56. The van der Waals surface area contributed by atoms with Gasteiger partial charge in [-0.05, 0) is 18.6 Å². The molecule has 5 nitrogen and oxygen atoms in total. The van der Waals surface area contributed by atoms with E-state index in [1.165, 1.54) is 18.0 Å². The summed E-state index contributed by atoms with van der Waals surface area (Å²) < 4.78 is 4.88. The Hall–Kier alpha value is -2.26. The van der Waals surface area contributed by atoms with Crippen molar-refractivity contribution in [2.45, 2.75) is 17.8 Å². The number of nitriles is 1. The Labute approximate surface area is 121 Å². The summed E-state index contributed by atoms with van der Waals surface area (Å²) in [6.07, 6.45) is 1.45. The molecule has 102 valence electrons. The summed E-state index contributed by atoms with van der Waals surface area (Å²) in [5.74, 6) is 0.198. The Bertz CT molecular complexity index is 646. The molecule has 0 bridgehead atoms. The Balaban J connectivity index is 2.01. The van der Waals surface area contributed by atoms with Crippen molar-refractivity contribution >= 4 is 17.7 Å². The minimum absolute atomic E-state index is 0.329. The van der Waals surface area contributed by atoms with Gasteiger partial charge in [-0.25, -0.2) is 9.78 Å². The number of aromatic amines is 1. The maximum atomic E-state index is 11.5. The molecule has 0 aliphatic heterocycles. The highest BCUT2D eigenvalue weighted by Gasteiger charge is 2.11. The number of rotatable bonds is 5. The summed E-state index contributed by atoms with van der Waals surface area (Å²) in [7, 11) is 0. The second-order valence-electron chi connectivity index (χ2n) is 3.88. The van der Waals surface area contributed by atoms with Crippen molar-refractivity contribution in [2.24, 2.45) is 0 Å². The predicted octanol–water partition coefficient (Wildman–Crippen LogP) is 2.75. The molecule has 0 saturated heterocycles. The third kappa shape index (κ3) is 3.39. The van der Waals surface area contributed by atoms with Crippen molar-refractivity contribution in [1.29, 1.82) is 5.26 Å². The van der Waals surface area contributed by atoms with E-state index in [2.05, 4.69) is 16.0 Å². The van der Waals surface area contributed by atoms with Crippen LogP contribution in [-0.4, -0.2) is 22.5 Å². The van der Waals surface area contributed by atoms with Gasteiger partial charge in [0.05, 0.1) is 24.4 Å². The molecule has 0 fully saturated rings. The molecule has 1 N–H and O–H groups in total. The first-order valence-electron chi connectivity index (χ1n) is 6.07. The number of benzene rings is 1. The molecule has 0 spiro atoms. The van der Waals surface area contributed by atoms with E-state index in [1.807, 2.05) is 18.2 Å². The van der Waals surface area contributed by atoms with E-state index in [1.54, 1.807) is 13.0 Å². The lowest BCUT2D eigenvalue weighted by Gasteiger charge is -2.01. The standard InChI is InChI=1S/C14H13N3O2S/c1-2-19-13(18)12-8-16-14(17-12)20-9-11-6-4-3-5-10(11)7-15/h3-6,8H,2,9H2,1H3,(H,16,17). The number of thioether (sulfide) groups is 1. The molecule has 0 amide bonds. The lowest BCUT2D eigenvalue weighted by molar-refractivity contribution is 0.0519. The predicted molar refractivity (Wildman–Crippen MR) is 75.3 cm³/mol. The fraction of sp³-hybridized carbons (Fsp3) is 0.214. The van der Waals surface area contributed by atoms with Crippen LogP contribution in [0.25, 0.3) is 0 Å². The molecule has 0 aliphatic rings. The number of hydrogen-bond donors (Lipinski definition) is 1. The summed E-state index contributed by atoms with van der Waals surface area (Å²) in [5.41, 5.74) is 1.93. The van der Waals surface area contributed by atoms with E-state index in [-0.39, 0.29) is 0 Å². The van der Waals surface area contributed by atoms with Gasteiger partial charge >= 0.3 is 5.97 Å². The Morgan fingerprint density at radius 1 is 1.50 bits per heavy atom. The topological polar surface area (TPSA) is 78.8 Å². The van der Waals surface area contributed by atoms with E-state index < -0.39 is 5.97 Å². The van der Waals surface area contributed by atoms with Gasteiger partial charge in [-0.15, -0.1) is 0 Å². The highest BCUT2D eigenvalue weighted by Crippen LogP contribution is 2.21. The van der Waals surface area contributed by atoms with Crippen molar-refractivity contribution < 1.29 is 9.53 Å². The number of nitrogens with zero attached hydrogens (tertiary/aromatic N) is 2. The normalized spacial score (nSPS) is 10.0. The van der Waals surface area contributed by atoms with E-state index in [4.69, 9.17) is 10.00 Å². The quantitative estimate of drug-likeness (QED) is 0.675. The van der Waals surface area contributed by atoms with Gasteiger partial charge in [-0.1, -0.05) is 30.0 Å². The molecular weight excluding hydrogens is 274 g/mol. The van der Waals surface area contributed by atoms with Gasteiger partial charge in [0, 0.05) is 5.75 Å². The minimum Gasteiger partial charge on any atom is -0.461 e. The first-order valence-corrected chi connectivity index (χ1v) is 7.06. The molecule has 0 atom stereocenters. The molecule has 0 saturated carbocycles. The lowest BCUT2D eigenvalue weighted by Crippen LogP contribution is -2.04. The molecule has 6 heteroatoms. The Morgan fingerprint density at radius 2 is 2.30 bits per heavy atom. The zero-order valence-electron chi connectivity index (χ0n) is 10.9. The van der Waals surface area contributed by atoms with Gasteiger partial charge < -0.3 is 9.72 Å². The van der Waals surface area contributed by atoms with E-state index in [0.717, 1.165) is 5.56 Å². The molecule has 20 heavy (non-hydrogen) atoms. The number of carbonyl (C=O) groups is 1. The number of carbonyl (C=O) groups excluding carboxylic acids is 1. The van der Waals surface area contributed by atoms with Crippen LogP contribution in [-0.2, 0) is 10.5 Å². The maximum Gasteiger partial charge on any atom is 0.356 e. The smallest absolute Gasteiger partial charge is 0.356 e. The van der Waals surface area contributed by atoms with Crippen molar-refractivity contribution in [2.75, 3.05) is 6.61 Å². The second kappa shape index (κ2) is 6.78. The summed E-state index contributed by atoms with van der Waals surface area (Å²) in [5, 5.41) is 9.63. The van der Waals surface area contributed by atoms with Crippen LogP contribution < -0.4 is 0 Å². The summed E-state index contributed by atoms with van der Waals surface area (Å²) in [4.78, 5) is 18.5. The largest absolute Gasteiger partial charge is 0.461 e. The molecular formula is C14H13N3O2S. The number of esters is 1. The number of H-pyrrole nitrogens is 1. The van der Waals surface area contributed by atoms with Crippen molar-refractivity contribution in [1.82, 2.24) is 9.97 Å². The summed E-state index contributed by atoms with van der Waals surface area (Å²) >= 11 is 1.43. The molecule has 0 radical (unpaired) electrons. The number of ether oxygens (including phenoxy) is 1. The van der Waals surface area contributed by atoms with Gasteiger partial charge in [0.1, 0.15) is 5.69 Å². The summed E-state index contributed by atoms with van der Waals surface area (Å²) in [6.45, 7) is 2.08. The van der Waals surface area contributed by atoms with Crippen LogP contribution in [0.2, 0.25) is 0 Å². The Morgan fingerprint density at radius 3 is 3.05 bits per heavy atom. The van der Waals surface area contributed by atoms with Gasteiger partial charge in [-0.3, -0.25) is 0 Å². The highest BCUT2D eigenvalue weighted by molar-refractivity contribution is 7.98. The average molecular weight is 287 g/mol. The third-order valence-electron chi connectivity index (χ3n) is 2.55. The maximum absolute atomic E-state index is 11.5. The van der Waals surface area contributed by atoms with Gasteiger partial charge in [0.15, 0.2) is 5.16 Å². The van der Waals surface area contributed by atoms with Crippen LogP contribution >= 0.6 is 11.8 Å². The first kappa shape index (κ1) is 14.2. The molecule has 0 unspecified atom stereocenters. The minimum atomic E-state index is -0.413. The SMILES string of the molecule is CCOC(=O)c1cnc(SCc2ccccc2C#N)[nH]1. The van der Waals surface area contributed by atoms with Crippen LogP contribution in [0.3, 0.4) is 0 Å². The van der Waals surface area contributed by atoms with Crippen LogP contribution in [0.5, 0.6) is 0 Å². The first-order chi connectivity index (χ1) is 9.74. The number of nitrogens with one attached hydrogen (secondary N) is 1. The van der Waals surface area contributed by atoms with Crippen LogP contribution in [0, 0.1) is 11.3 Å². The van der Waals surface area contributed by atoms with Crippen LogP contribution in [0.15, 0.2) is 35.6 Å².